The van der Waals surface area contributed by atoms with Crippen LogP contribution in [0.5, 0.6) is 0 Å². The Bertz CT molecular complexity index is 2850. The van der Waals surface area contributed by atoms with Gasteiger partial charge in [-0.05, 0) is 71.4 Å². The van der Waals surface area contributed by atoms with E-state index in [9.17, 15) is 0 Å². The zero-order valence-electron chi connectivity index (χ0n) is 29.6. The van der Waals surface area contributed by atoms with Crippen LogP contribution < -0.4 is 10.4 Å². The predicted molar refractivity (Wildman–Crippen MR) is 224 cm³/mol. The first kappa shape index (κ1) is 31.3. The first-order chi connectivity index (χ1) is 26.0. The maximum Gasteiger partial charge on any atom is 0.164 e. The highest BCUT2D eigenvalue weighted by atomic mass is 28.3. The van der Waals surface area contributed by atoms with Crippen LogP contribution in [0.15, 0.2) is 176 Å². The van der Waals surface area contributed by atoms with Crippen molar-refractivity contribution in [2.24, 2.45) is 0 Å². The molecule has 9 aromatic rings. The molecule has 0 spiro atoms. The molecular weight excluding hydrogens is 659 g/mol. The van der Waals surface area contributed by atoms with Gasteiger partial charge in [-0.25, -0.2) is 15.0 Å². The first-order valence-corrected chi connectivity index (χ1v) is 21.2. The SMILES string of the molecule is C[Si]1(C)c2ccc(-c3nc(-c4ccc(-c5cccc6ccccc56)cc4)nc(-c4ccccc4-c4ccccc4)n3)cc2-c2ccc3ccccc3c21. The van der Waals surface area contributed by atoms with E-state index in [0.29, 0.717) is 17.5 Å². The molecule has 3 nitrogen and oxygen atoms in total. The van der Waals surface area contributed by atoms with Gasteiger partial charge >= 0.3 is 0 Å². The molecule has 0 radical (unpaired) electrons. The van der Waals surface area contributed by atoms with Crippen molar-refractivity contribution in [3.8, 4) is 67.5 Å². The number of nitrogens with zero attached hydrogens (tertiary/aromatic N) is 3. The number of aromatic nitrogens is 3. The molecule has 0 N–H and O–H groups in total. The van der Waals surface area contributed by atoms with Crippen LogP contribution in [0.3, 0.4) is 0 Å². The van der Waals surface area contributed by atoms with Gasteiger partial charge in [0.15, 0.2) is 17.5 Å². The van der Waals surface area contributed by atoms with Crippen LogP contribution in [0.4, 0.5) is 0 Å². The zero-order valence-corrected chi connectivity index (χ0v) is 30.6. The quantitative estimate of drug-likeness (QED) is 0.168. The smallest absolute Gasteiger partial charge is 0.164 e. The van der Waals surface area contributed by atoms with E-state index in [-0.39, 0.29) is 0 Å². The van der Waals surface area contributed by atoms with Crippen LogP contribution in [0.2, 0.25) is 13.1 Å². The van der Waals surface area contributed by atoms with E-state index in [4.69, 9.17) is 15.0 Å². The fraction of sp³-hybridized carbons (Fsp3) is 0.0408. The third-order valence-electron chi connectivity index (χ3n) is 10.9. The Morgan fingerprint density at radius 3 is 1.68 bits per heavy atom. The van der Waals surface area contributed by atoms with Crippen molar-refractivity contribution in [1.29, 1.82) is 0 Å². The van der Waals surface area contributed by atoms with E-state index in [1.54, 1.807) is 0 Å². The summed E-state index contributed by atoms with van der Waals surface area (Å²) in [5.41, 5.74) is 10.1. The van der Waals surface area contributed by atoms with Gasteiger partial charge in [0.1, 0.15) is 8.07 Å². The van der Waals surface area contributed by atoms with Crippen molar-refractivity contribution in [1.82, 2.24) is 15.0 Å². The average molecular weight is 694 g/mol. The van der Waals surface area contributed by atoms with E-state index < -0.39 is 8.07 Å². The summed E-state index contributed by atoms with van der Waals surface area (Å²) in [6, 6.07) is 62.8. The molecule has 0 aliphatic carbocycles. The molecule has 2 heterocycles. The normalized spacial score (nSPS) is 12.9. The summed E-state index contributed by atoms with van der Waals surface area (Å²) in [4.78, 5) is 15.6. The number of rotatable bonds is 5. The Morgan fingerprint density at radius 2 is 0.887 bits per heavy atom. The molecule has 0 amide bonds. The second-order valence-electron chi connectivity index (χ2n) is 14.4. The lowest BCUT2D eigenvalue weighted by Crippen LogP contribution is -2.49. The summed E-state index contributed by atoms with van der Waals surface area (Å²) in [6.45, 7) is 4.96. The molecule has 0 unspecified atom stereocenters. The van der Waals surface area contributed by atoms with Gasteiger partial charge in [0, 0.05) is 16.7 Å². The Hall–Kier alpha value is -6.49. The number of benzene rings is 8. The van der Waals surface area contributed by atoms with E-state index in [2.05, 4.69) is 183 Å². The standard InChI is InChI=1S/C49H35N3Si/c1-53(2)45-30-28-37(31-44(45)42-29-27-34-16-7-9-20-41(34)46(42)53)48-50-47(51-49(52-48)43-21-11-10-19-40(43)32-13-4-3-5-14-32)36-25-23-35(24-26-36)39-22-12-17-33-15-6-8-18-38(33)39/h3-31H,1-2H3. The van der Waals surface area contributed by atoms with Crippen LogP contribution in [-0.2, 0) is 0 Å². The van der Waals surface area contributed by atoms with E-state index in [0.717, 1.165) is 33.4 Å². The van der Waals surface area contributed by atoms with Gasteiger partial charge in [0.05, 0.1) is 0 Å². The summed E-state index contributed by atoms with van der Waals surface area (Å²) >= 11 is 0. The van der Waals surface area contributed by atoms with Crippen molar-refractivity contribution in [3.05, 3.63) is 176 Å². The first-order valence-electron chi connectivity index (χ1n) is 18.2. The lowest BCUT2D eigenvalue weighted by Gasteiger charge is -2.20. The summed E-state index contributed by atoms with van der Waals surface area (Å²) in [5, 5.41) is 8.11. The molecule has 250 valence electrons. The summed E-state index contributed by atoms with van der Waals surface area (Å²) < 4.78 is 0. The second kappa shape index (κ2) is 12.3. The fourth-order valence-electron chi connectivity index (χ4n) is 8.33. The molecule has 1 aromatic heterocycles. The minimum atomic E-state index is -1.95. The summed E-state index contributed by atoms with van der Waals surface area (Å²) in [5.74, 6) is 1.98. The Labute approximate surface area is 310 Å². The molecule has 0 saturated heterocycles. The minimum absolute atomic E-state index is 0.652. The molecule has 8 aromatic carbocycles. The lowest BCUT2D eigenvalue weighted by atomic mass is 9.97. The molecular formula is C49H35N3Si. The maximum absolute atomic E-state index is 5.24. The monoisotopic (exact) mass is 693 g/mol. The highest BCUT2D eigenvalue weighted by molar-refractivity contribution is 7.05. The van der Waals surface area contributed by atoms with Crippen LogP contribution in [0.1, 0.15) is 0 Å². The van der Waals surface area contributed by atoms with Gasteiger partial charge in [0.2, 0.25) is 0 Å². The molecule has 0 saturated carbocycles. The van der Waals surface area contributed by atoms with Gasteiger partial charge in [-0.3, -0.25) is 0 Å². The molecule has 10 rings (SSSR count). The lowest BCUT2D eigenvalue weighted by molar-refractivity contribution is 1.07. The Kier molecular flexibility index (Phi) is 7.27. The van der Waals surface area contributed by atoms with Crippen LogP contribution >= 0.6 is 0 Å². The zero-order chi connectivity index (χ0) is 35.5. The van der Waals surface area contributed by atoms with Gasteiger partial charge < -0.3 is 0 Å². The Balaban J connectivity index is 1.14. The molecule has 0 fully saturated rings. The van der Waals surface area contributed by atoms with E-state index in [1.807, 2.05) is 6.07 Å². The van der Waals surface area contributed by atoms with Crippen molar-refractivity contribution in [2.45, 2.75) is 13.1 Å². The predicted octanol–water partition coefficient (Wildman–Crippen LogP) is 11.3. The third-order valence-corrected chi connectivity index (χ3v) is 14.5. The van der Waals surface area contributed by atoms with Crippen molar-refractivity contribution in [3.63, 3.8) is 0 Å². The molecule has 53 heavy (non-hydrogen) atoms. The molecule has 1 aliphatic rings. The van der Waals surface area contributed by atoms with Crippen molar-refractivity contribution >= 4 is 40.0 Å². The minimum Gasteiger partial charge on any atom is -0.208 e. The topological polar surface area (TPSA) is 38.7 Å². The molecule has 4 heteroatoms. The van der Waals surface area contributed by atoms with Gasteiger partial charge in [-0.2, -0.15) is 0 Å². The largest absolute Gasteiger partial charge is 0.208 e. The highest BCUT2D eigenvalue weighted by Gasteiger charge is 2.39. The van der Waals surface area contributed by atoms with Gasteiger partial charge in [-0.15, -0.1) is 0 Å². The van der Waals surface area contributed by atoms with Crippen molar-refractivity contribution < 1.29 is 0 Å². The maximum atomic E-state index is 5.24. The summed E-state index contributed by atoms with van der Waals surface area (Å²) in [6.07, 6.45) is 0. The van der Waals surface area contributed by atoms with E-state index in [1.165, 1.54) is 48.6 Å². The number of fused-ring (bicyclic) bond motifs is 6. The second-order valence-corrected chi connectivity index (χ2v) is 18.7. The van der Waals surface area contributed by atoms with Crippen LogP contribution in [-0.4, -0.2) is 23.0 Å². The highest BCUT2D eigenvalue weighted by Crippen LogP contribution is 2.37. The number of hydrogen-bond acceptors (Lipinski definition) is 3. The van der Waals surface area contributed by atoms with Gasteiger partial charge in [-0.1, -0.05) is 183 Å². The molecule has 0 atom stereocenters. The fourth-order valence-corrected chi connectivity index (χ4v) is 11.8. The van der Waals surface area contributed by atoms with Gasteiger partial charge in [0.25, 0.3) is 0 Å². The molecule has 1 aliphatic heterocycles. The van der Waals surface area contributed by atoms with Crippen LogP contribution in [0, 0.1) is 0 Å². The summed E-state index contributed by atoms with van der Waals surface area (Å²) in [7, 11) is -1.95. The third kappa shape index (κ3) is 5.22. The average Bonchev–Trinajstić information content (AvgIpc) is 3.46. The van der Waals surface area contributed by atoms with E-state index >= 15 is 0 Å². The van der Waals surface area contributed by atoms with Crippen molar-refractivity contribution in [2.75, 3.05) is 0 Å². The number of hydrogen-bond donors (Lipinski definition) is 0. The molecule has 0 bridgehead atoms. The Morgan fingerprint density at radius 1 is 0.340 bits per heavy atom. The van der Waals surface area contributed by atoms with Crippen LogP contribution in [0.25, 0.3) is 89.1 Å².